The van der Waals surface area contributed by atoms with Crippen LogP contribution >= 0.6 is 11.8 Å². The fourth-order valence-electron chi connectivity index (χ4n) is 2.21. The normalized spacial score (nSPS) is 10.7. The monoisotopic (exact) mass is 295 g/mol. The largest absolute Gasteiger partial charge is 0.493 e. The van der Waals surface area contributed by atoms with Crippen LogP contribution in [0.2, 0.25) is 0 Å². The van der Waals surface area contributed by atoms with Gasteiger partial charge in [-0.15, -0.1) is 11.8 Å². The van der Waals surface area contributed by atoms with Crippen LogP contribution in [0.1, 0.15) is 5.56 Å². The fraction of sp³-hybridized carbons (Fsp3) is 0.167. The summed E-state index contributed by atoms with van der Waals surface area (Å²) >= 11 is 1.73. The number of fused-ring (bicyclic) bond motifs is 1. The summed E-state index contributed by atoms with van der Waals surface area (Å²) in [5.41, 5.74) is 2.33. The molecule has 0 spiro atoms. The molecule has 0 bridgehead atoms. The number of hydrogen-bond donors (Lipinski definition) is 0. The van der Waals surface area contributed by atoms with Gasteiger partial charge >= 0.3 is 0 Å². The highest BCUT2D eigenvalue weighted by Gasteiger charge is 2.03. The summed E-state index contributed by atoms with van der Waals surface area (Å²) in [7, 11) is 0. The zero-order chi connectivity index (χ0) is 14.5. The first-order chi connectivity index (χ1) is 10.3. The van der Waals surface area contributed by atoms with Crippen molar-refractivity contribution in [3.05, 3.63) is 66.2 Å². The highest BCUT2D eigenvalue weighted by molar-refractivity contribution is 7.99. The molecule has 106 valence electrons. The Hall–Kier alpha value is -2.00. The van der Waals surface area contributed by atoms with Crippen molar-refractivity contribution in [1.29, 1.82) is 0 Å². The third-order valence-electron chi connectivity index (χ3n) is 3.24. The summed E-state index contributed by atoms with van der Waals surface area (Å²) in [5.74, 6) is 1.81. The molecular formula is C18H17NOS. The molecule has 0 aliphatic heterocycles. The second kappa shape index (κ2) is 6.64. The van der Waals surface area contributed by atoms with Gasteiger partial charge in [0.2, 0.25) is 0 Å². The highest BCUT2D eigenvalue weighted by Crippen LogP contribution is 2.23. The van der Waals surface area contributed by atoms with E-state index in [1.54, 1.807) is 11.8 Å². The van der Waals surface area contributed by atoms with Crippen molar-refractivity contribution in [2.75, 3.05) is 12.4 Å². The Kier molecular flexibility index (Phi) is 4.41. The number of ether oxygens (including phenoxy) is 1. The molecule has 0 N–H and O–H groups in total. The number of thioether (sulfide) groups is 1. The van der Waals surface area contributed by atoms with Gasteiger partial charge in [0.05, 0.1) is 17.1 Å². The number of hydrogen-bond acceptors (Lipinski definition) is 3. The van der Waals surface area contributed by atoms with Crippen molar-refractivity contribution in [2.24, 2.45) is 0 Å². The number of para-hydroxylation sites is 2. The molecule has 0 unspecified atom stereocenters. The Bertz CT molecular complexity index is 728. The number of aryl methyl sites for hydroxylation is 1. The second-order valence-electron chi connectivity index (χ2n) is 4.80. The Morgan fingerprint density at radius 2 is 1.76 bits per heavy atom. The van der Waals surface area contributed by atoms with Crippen LogP contribution in [-0.2, 0) is 0 Å². The molecule has 0 amide bonds. The minimum absolute atomic E-state index is 0.683. The lowest BCUT2D eigenvalue weighted by Crippen LogP contribution is -2.00. The van der Waals surface area contributed by atoms with Crippen LogP contribution in [-0.4, -0.2) is 17.3 Å². The van der Waals surface area contributed by atoms with Crippen molar-refractivity contribution >= 4 is 22.7 Å². The van der Waals surface area contributed by atoms with Crippen molar-refractivity contribution in [2.45, 2.75) is 11.9 Å². The van der Waals surface area contributed by atoms with Gasteiger partial charge in [-0.25, -0.2) is 4.98 Å². The topological polar surface area (TPSA) is 22.1 Å². The number of aromatic nitrogens is 1. The van der Waals surface area contributed by atoms with Crippen LogP contribution < -0.4 is 4.74 Å². The molecule has 1 aromatic heterocycles. The molecule has 0 saturated carbocycles. The Morgan fingerprint density at radius 1 is 1.00 bits per heavy atom. The quantitative estimate of drug-likeness (QED) is 0.502. The van der Waals surface area contributed by atoms with Crippen LogP contribution in [0.5, 0.6) is 5.75 Å². The molecule has 0 saturated heterocycles. The van der Waals surface area contributed by atoms with Gasteiger partial charge < -0.3 is 4.74 Å². The van der Waals surface area contributed by atoms with E-state index in [0.29, 0.717) is 6.61 Å². The maximum Gasteiger partial charge on any atom is 0.119 e. The zero-order valence-electron chi connectivity index (χ0n) is 12.0. The van der Waals surface area contributed by atoms with Gasteiger partial charge in [0, 0.05) is 11.1 Å². The maximum absolute atomic E-state index is 5.70. The van der Waals surface area contributed by atoms with Crippen LogP contribution in [0.15, 0.2) is 65.7 Å². The third-order valence-corrected chi connectivity index (χ3v) is 4.12. The summed E-state index contributed by atoms with van der Waals surface area (Å²) in [6.45, 7) is 2.82. The molecular weight excluding hydrogens is 278 g/mol. The first-order valence-electron chi connectivity index (χ1n) is 7.00. The standard InChI is InChI=1S/C18H17NOS/c1-14-13-18(19-17-10-6-5-9-16(14)17)21-12-11-20-15-7-3-2-4-8-15/h2-10,13H,11-12H2,1H3. The minimum atomic E-state index is 0.683. The first kappa shape index (κ1) is 14.0. The van der Waals surface area contributed by atoms with E-state index < -0.39 is 0 Å². The van der Waals surface area contributed by atoms with Crippen molar-refractivity contribution in [3.8, 4) is 5.75 Å². The van der Waals surface area contributed by atoms with Crippen molar-refractivity contribution < 1.29 is 4.74 Å². The minimum Gasteiger partial charge on any atom is -0.493 e. The zero-order valence-corrected chi connectivity index (χ0v) is 12.8. The molecule has 3 rings (SSSR count). The molecule has 0 aliphatic rings. The van der Waals surface area contributed by atoms with E-state index in [-0.39, 0.29) is 0 Å². The van der Waals surface area contributed by atoms with E-state index in [1.807, 2.05) is 36.4 Å². The predicted octanol–water partition coefficient (Wildman–Crippen LogP) is 4.71. The predicted molar refractivity (Wildman–Crippen MR) is 89.1 cm³/mol. The van der Waals surface area contributed by atoms with E-state index in [9.17, 15) is 0 Å². The Labute approximate surface area is 129 Å². The van der Waals surface area contributed by atoms with Gasteiger partial charge in [-0.1, -0.05) is 36.4 Å². The van der Waals surface area contributed by atoms with Crippen LogP contribution in [0.3, 0.4) is 0 Å². The van der Waals surface area contributed by atoms with Gasteiger partial charge in [0.25, 0.3) is 0 Å². The molecule has 2 nitrogen and oxygen atoms in total. The Morgan fingerprint density at radius 3 is 2.62 bits per heavy atom. The molecule has 2 aromatic carbocycles. The number of rotatable bonds is 5. The fourth-order valence-corrected chi connectivity index (χ4v) is 3.01. The number of pyridine rings is 1. The molecule has 0 radical (unpaired) electrons. The van der Waals surface area contributed by atoms with Crippen LogP contribution in [0.25, 0.3) is 10.9 Å². The van der Waals surface area contributed by atoms with Gasteiger partial charge in [0.15, 0.2) is 0 Å². The Balaban J connectivity index is 1.60. The summed E-state index contributed by atoms with van der Waals surface area (Å²) in [4.78, 5) is 4.69. The summed E-state index contributed by atoms with van der Waals surface area (Å²) < 4.78 is 5.70. The van der Waals surface area contributed by atoms with Crippen molar-refractivity contribution in [3.63, 3.8) is 0 Å². The third kappa shape index (κ3) is 3.56. The molecule has 21 heavy (non-hydrogen) atoms. The smallest absolute Gasteiger partial charge is 0.119 e. The van der Waals surface area contributed by atoms with E-state index in [4.69, 9.17) is 4.74 Å². The van der Waals surface area contributed by atoms with Crippen LogP contribution in [0.4, 0.5) is 0 Å². The second-order valence-corrected chi connectivity index (χ2v) is 5.92. The van der Waals surface area contributed by atoms with E-state index in [2.05, 4.69) is 36.2 Å². The average molecular weight is 295 g/mol. The lowest BCUT2D eigenvalue weighted by atomic mass is 10.1. The lowest BCUT2D eigenvalue weighted by molar-refractivity contribution is 0.344. The highest BCUT2D eigenvalue weighted by atomic mass is 32.2. The molecule has 0 atom stereocenters. The summed E-state index contributed by atoms with van der Waals surface area (Å²) in [5, 5.41) is 2.28. The van der Waals surface area contributed by atoms with Crippen molar-refractivity contribution in [1.82, 2.24) is 4.98 Å². The SMILES string of the molecule is Cc1cc(SCCOc2ccccc2)nc2ccccc12. The van der Waals surface area contributed by atoms with Gasteiger partial charge in [-0.3, -0.25) is 0 Å². The molecule has 0 aliphatic carbocycles. The van der Waals surface area contributed by atoms with E-state index in [0.717, 1.165) is 22.0 Å². The van der Waals surface area contributed by atoms with Crippen LogP contribution in [0, 0.1) is 6.92 Å². The van der Waals surface area contributed by atoms with Gasteiger partial charge in [-0.2, -0.15) is 0 Å². The number of nitrogens with zero attached hydrogens (tertiary/aromatic N) is 1. The van der Waals surface area contributed by atoms with Gasteiger partial charge in [0.1, 0.15) is 5.75 Å². The average Bonchev–Trinajstić information content (AvgIpc) is 2.53. The maximum atomic E-state index is 5.70. The summed E-state index contributed by atoms with van der Waals surface area (Å²) in [6.07, 6.45) is 0. The molecule has 0 fully saturated rings. The lowest BCUT2D eigenvalue weighted by Gasteiger charge is -2.07. The van der Waals surface area contributed by atoms with Gasteiger partial charge in [-0.05, 0) is 36.8 Å². The summed E-state index contributed by atoms with van der Waals surface area (Å²) in [6, 6.07) is 20.3. The first-order valence-corrected chi connectivity index (χ1v) is 7.98. The van der Waals surface area contributed by atoms with E-state index >= 15 is 0 Å². The molecule has 3 aromatic rings. The molecule has 1 heterocycles. The number of benzene rings is 2. The molecule has 3 heteroatoms. The van der Waals surface area contributed by atoms with E-state index in [1.165, 1.54) is 10.9 Å².